The molecule has 0 amide bonds. The van der Waals surface area contributed by atoms with Crippen LogP contribution in [0.1, 0.15) is 43.2 Å². The Morgan fingerprint density at radius 3 is 2.62 bits per heavy atom. The highest BCUT2D eigenvalue weighted by Gasteiger charge is 2.38. The summed E-state index contributed by atoms with van der Waals surface area (Å²) in [4.78, 5) is 4.69. The van der Waals surface area contributed by atoms with Gasteiger partial charge in [0.25, 0.3) is 0 Å². The maximum absolute atomic E-state index is 11.7. The average molecular weight is 378 g/mol. The van der Waals surface area contributed by atoms with E-state index >= 15 is 0 Å². The lowest BCUT2D eigenvalue weighted by atomic mass is 9.86. The number of nitrogens with one attached hydrogen (secondary N) is 2. The number of hydrogen-bond acceptors (Lipinski definition) is 3. The van der Waals surface area contributed by atoms with Crippen molar-refractivity contribution in [2.24, 2.45) is 22.7 Å². The van der Waals surface area contributed by atoms with E-state index < -0.39 is 9.84 Å². The van der Waals surface area contributed by atoms with Crippen LogP contribution in [-0.2, 0) is 16.4 Å². The lowest BCUT2D eigenvalue weighted by Crippen LogP contribution is -2.38. The molecule has 0 saturated heterocycles. The Morgan fingerprint density at radius 1 is 1.23 bits per heavy atom. The summed E-state index contributed by atoms with van der Waals surface area (Å²) in [6.07, 6.45) is 8.24. The molecule has 2 saturated carbocycles. The van der Waals surface area contributed by atoms with E-state index in [1.165, 1.54) is 38.4 Å². The van der Waals surface area contributed by atoms with Crippen LogP contribution in [0.5, 0.6) is 0 Å². The molecule has 3 unspecified atom stereocenters. The lowest BCUT2D eigenvalue weighted by molar-refractivity contribution is 0.315. The van der Waals surface area contributed by atoms with Crippen LogP contribution >= 0.6 is 0 Å². The van der Waals surface area contributed by atoms with E-state index in [1.54, 1.807) is 13.1 Å². The van der Waals surface area contributed by atoms with E-state index in [-0.39, 0.29) is 0 Å². The van der Waals surface area contributed by atoms with Crippen molar-refractivity contribution in [2.45, 2.75) is 50.5 Å². The summed E-state index contributed by atoms with van der Waals surface area (Å²) >= 11 is 0. The lowest BCUT2D eigenvalue weighted by Gasteiger charge is -2.22. The molecule has 0 radical (unpaired) electrons. The van der Waals surface area contributed by atoms with Crippen molar-refractivity contribution in [3.8, 4) is 0 Å². The van der Waals surface area contributed by atoms with Crippen molar-refractivity contribution in [3.05, 3.63) is 29.3 Å². The molecule has 2 fully saturated rings. The van der Waals surface area contributed by atoms with E-state index in [1.807, 2.05) is 19.1 Å². The Kier molecular flexibility index (Phi) is 5.90. The first-order valence-electron chi connectivity index (χ1n) is 9.61. The van der Waals surface area contributed by atoms with E-state index in [9.17, 15) is 8.42 Å². The third-order valence-electron chi connectivity index (χ3n) is 6.01. The van der Waals surface area contributed by atoms with Crippen LogP contribution < -0.4 is 10.6 Å². The van der Waals surface area contributed by atoms with Crippen LogP contribution in [-0.4, -0.2) is 34.2 Å². The van der Waals surface area contributed by atoms with Crippen LogP contribution in [0.15, 0.2) is 28.1 Å². The van der Waals surface area contributed by atoms with E-state index in [4.69, 9.17) is 0 Å². The monoisotopic (exact) mass is 377 g/mol. The molecule has 1 aromatic carbocycles. The number of aryl methyl sites for hydroxylation is 1. The van der Waals surface area contributed by atoms with Gasteiger partial charge in [-0.05, 0) is 67.6 Å². The first-order chi connectivity index (χ1) is 12.4. The molecule has 1 aromatic rings. The first-order valence-corrected chi connectivity index (χ1v) is 11.5. The molecule has 0 heterocycles. The molecule has 3 rings (SSSR count). The second-order valence-electron chi connectivity index (χ2n) is 7.95. The molecule has 0 aromatic heterocycles. The third kappa shape index (κ3) is 4.58. The van der Waals surface area contributed by atoms with Crippen molar-refractivity contribution in [2.75, 3.05) is 19.8 Å². The van der Waals surface area contributed by atoms with Crippen LogP contribution in [0.4, 0.5) is 0 Å². The van der Waals surface area contributed by atoms with Gasteiger partial charge < -0.3 is 10.6 Å². The van der Waals surface area contributed by atoms with Gasteiger partial charge in [0, 0.05) is 26.4 Å². The topological polar surface area (TPSA) is 70.6 Å². The van der Waals surface area contributed by atoms with E-state index in [0.29, 0.717) is 11.4 Å². The average Bonchev–Trinajstić information content (AvgIpc) is 3.19. The fraction of sp³-hybridized carbons (Fsp3) is 0.650. The summed E-state index contributed by atoms with van der Waals surface area (Å²) < 4.78 is 23.4. The number of aliphatic imine (C=N–C) groups is 1. The summed E-state index contributed by atoms with van der Waals surface area (Å²) in [6, 6.07) is 5.47. The molecule has 0 spiro atoms. The molecule has 2 bridgehead atoms. The molecule has 2 aliphatic rings. The van der Waals surface area contributed by atoms with Crippen molar-refractivity contribution >= 4 is 15.8 Å². The minimum Gasteiger partial charge on any atom is -0.356 e. The Hall–Kier alpha value is -1.56. The zero-order chi connectivity index (χ0) is 18.7. The third-order valence-corrected chi connectivity index (χ3v) is 7.27. The highest BCUT2D eigenvalue weighted by molar-refractivity contribution is 7.90. The van der Waals surface area contributed by atoms with Crippen LogP contribution in [0.3, 0.4) is 0 Å². The number of nitrogens with zero attached hydrogens (tertiary/aromatic N) is 1. The van der Waals surface area contributed by atoms with Gasteiger partial charge >= 0.3 is 0 Å². The Morgan fingerprint density at radius 2 is 2.04 bits per heavy atom. The van der Waals surface area contributed by atoms with Crippen LogP contribution in [0.2, 0.25) is 0 Å². The normalized spacial score (nSPS) is 25.5. The number of rotatable bonds is 6. The Labute approximate surface area is 157 Å². The van der Waals surface area contributed by atoms with Crippen molar-refractivity contribution in [1.29, 1.82) is 0 Å². The highest BCUT2D eigenvalue weighted by Crippen LogP contribution is 2.49. The maximum Gasteiger partial charge on any atom is 0.191 e. The number of hydrogen-bond donors (Lipinski definition) is 2. The summed E-state index contributed by atoms with van der Waals surface area (Å²) in [6.45, 7) is 3.42. The molecule has 0 aliphatic heterocycles. The predicted molar refractivity (Wildman–Crippen MR) is 106 cm³/mol. The standard InChI is InChI=1S/C20H31N3O2S/c1-14-10-16(5-7-19(14)26(3,24)25)13-23-20(21-2)22-9-8-18-12-15-4-6-17(18)11-15/h5,7,10,15,17-18H,4,6,8-9,11-13H2,1-3H3,(H2,21,22,23). The van der Waals surface area contributed by atoms with E-state index in [0.717, 1.165) is 41.4 Å². The maximum atomic E-state index is 11.7. The van der Waals surface area contributed by atoms with Crippen molar-refractivity contribution in [3.63, 3.8) is 0 Å². The van der Waals surface area contributed by atoms with Crippen molar-refractivity contribution in [1.82, 2.24) is 10.6 Å². The van der Waals surface area contributed by atoms with Gasteiger partial charge in [0.05, 0.1) is 4.90 Å². The number of benzene rings is 1. The molecule has 3 atom stereocenters. The molecule has 2 N–H and O–H groups in total. The minimum atomic E-state index is -3.17. The number of fused-ring (bicyclic) bond motifs is 2. The number of guanidine groups is 1. The SMILES string of the molecule is CN=C(NCCC1CC2CCC1C2)NCc1ccc(S(C)(=O)=O)c(C)c1. The van der Waals surface area contributed by atoms with Gasteiger partial charge in [0.15, 0.2) is 15.8 Å². The zero-order valence-electron chi connectivity index (χ0n) is 16.1. The van der Waals surface area contributed by atoms with Gasteiger partial charge in [-0.25, -0.2) is 8.42 Å². The number of sulfone groups is 1. The molecular formula is C20H31N3O2S. The van der Waals surface area contributed by atoms with Crippen molar-refractivity contribution < 1.29 is 8.42 Å². The van der Waals surface area contributed by atoms with E-state index in [2.05, 4.69) is 15.6 Å². The molecule has 5 nitrogen and oxygen atoms in total. The second-order valence-corrected chi connectivity index (χ2v) is 9.93. The summed E-state index contributed by atoms with van der Waals surface area (Å²) in [5.41, 5.74) is 1.83. The smallest absolute Gasteiger partial charge is 0.191 e. The largest absolute Gasteiger partial charge is 0.356 e. The molecule has 144 valence electrons. The Balaban J connectivity index is 1.46. The van der Waals surface area contributed by atoms with Gasteiger partial charge in [0.2, 0.25) is 0 Å². The summed E-state index contributed by atoms with van der Waals surface area (Å²) in [5, 5.41) is 6.74. The second kappa shape index (κ2) is 7.99. The van der Waals surface area contributed by atoms with Crippen LogP contribution in [0, 0.1) is 24.7 Å². The first kappa shape index (κ1) is 19.2. The Bertz CT molecular complexity index is 773. The van der Waals surface area contributed by atoms with Gasteiger partial charge in [-0.1, -0.05) is 18.6 Å². The van der Waals surface area contributed by atoms with Gasteiger partial charge in [-0.3, -0.25) is 4.99 Å². The van der Waals surface area contributed by atoms with Crippen LogP contribution in [0.25, 0.3) is 0 Å². The molecular weight excluding hydrogens is 346 g/mol. The van der Waals surface area contributed by atoms with Gasteiger partial charge in [-0.15, -0.1) is 0 Å². The molecule has 2 aliphatic carbocycles. The quantitative estimate of drug-likeness (QED) is 0.591. The zero-order valence-corrected chi connectivity index (χ0v) is 16.9. The minimum absolute atomic E-state index is 0.398. The summed E-state index contributed by atoms with van der Waals surface area (Å²) in [7, 11) is -1.38. The summed E-state index contributed by atoms with van der Waals surface area (Å²) in [5.74, 6) is 3.66. The highest BCUT2D eigenvalue weighted by atomic mass is 32.2. The predicted octanol–water partition coefficient (Wildman–Crippen LogP) is 2.89. The van der Waals surface area contributed by atoms with Gasteiger partial charge in [0.1, 0.15) is 0 Å². The van der Waals surface area contributed by atoms with Gasteiger partial charge in [-0.2, -0.15) is 0 Å². The molecule has 6 heteroatoms. The fourth-order valence-corrected chi connectivity index (χ4v) is 5.71. The molecule has 26 heavy (non-hydrogen) atoms. The fourth-order valence-electron chi connectivity index (χ4n) is 4.75.